The van der Waals surface area contributed by atoms with Crippen LogP contribution in [0.25, 0.3) is 0 Å². The fourth-order valence-corrected chi connectivity index (χ4v) is 1.36. The van der Waals surface area contributed by atoms with Gasteiger partial charge >= 0.3 is 0 Å². The smallest absolute Gasteiger partial charge is 0.119 e. The Kier molecular flexibility index (Phi) is 12.4. The summed E-state index contributed by atoms with van der Waals surface area (Å²) in [6.07, 6.45) is 18.8. The summed E-state index contributed by atoms with van der Waals surface area (Å²) in [5.74, 6) is 0. The fraction of sp³-hybridized carbons (Fsp3) is 0.643. The standard InChI is InChI=1S/C14H24O/c1-2-3-4-5-6-7-8-9-10-11-12-13-14-15/h4-7,14H,2-3,8-13H2,1H3/b5-4+,7-6+. The van der Waals surface area contributed by atoms with Crippen molar-refractivity contribution in [2.24, 2.45) is 0 Å². The van der Waals surface area contributed by atoms with Crippen LogP contribution in [0.1, 0.15) is 58.3 Å². The summed E-state index contributed by atoms with van der Waals surface area (Å²) in [7, 11) is 0. The highest BCUT2D eigenvalue weighted by Gasteiger charge is 1.87. The summed E-state index contributed by atoms with van der Waals surface area (Å²) in [5.41, 5.74) is 0. The number of hydrogen-bond acceptors (Lipinski definition) is 1. The third-order valence-electron chi connectivity index (χ3n) is 2.28. The second kappa shape index (κ2) is 13.2. The van der Waals surface area contributed by atoms with E-state index in [-0.39, 0.29) is 0 Å². The molecule has 0 aromatic rings. The summed E-state index contributed by atoms with van der Waals surface area (Å²) in [5, 5.41) is 0. The molecule has 0 saturated carbocycles. The zero-order valence-electron chi connectivity index (χ0n) is 9.95. The van der Waals surface area contributed by atoms with Crippen molar-refractivity contribution in [1.82, 2.24) is 0 Å². The van der Waals surface area contributed by atoms with E-state index in [0.29, 0.717) is 0 Å². The molecule has 0 aliphatic rings. The van der Waals surface area contributed by atoms with Crippen molar-refractivity contribution in [1.29, 1.82) is 0 Å². The lowest BCUT2D eigenvalue weighted by molar-refractivity contribution is -0.107. The van der Waals surface area contributed by atoms with Crippen molar-refractivity contribution in [3.8, 4) is 0 Å². The van der Waals surface area contributed by atoms with Crippen LogP contribution in [0.2, 0.25) is 0 Å². The predicted molar refractivity (Wildman–Crippen MR) is 67.0 cm³/mol. The van der Waals surface area contributed by atoms with Gasteiger partial charge in [0.05, 0.1) is 0 Å². The molecule has 1 nitrogen and oxygen atoms in total. The molecule has 0 aromatic carbocycles. The zero-order chi connectivity index (χ0) is 11.2. The second-order valence-electron chi connectivity index (χ2n) is 3.80. The topological polar surface area (TPSA) is 17.1 Å². The van der Waals surface area contributed by atoms with Gasteiger partial charge in [-0.1, -0.05) is 50.5 Å². The minimum absolute atomic E-state index is 0.732. The maximum absolute atomic E-state index is 10.0. The number of carbonyl (C=O) groups is 1. The Hall–Kier alpha value is -0.850. The maximum Gasteiger partial charge on any atom is 0.119 e. The molecule has 0 atom stereocenters. The van der Waals surface area contributed by atoms with Crippen LogP contribution >= 0.6 is 0 Å². The molecule has 0 amide bonds. The summed E-state index contributed by atoms with van der Waals surface area (Å²) < 4.78 is 0. The molecule has 0 heterocycles. The molecule has 0 saturated heterocycles. The van der Waals surface area contributed by atoms with Crippen molar-refractivity contribution >= 4 is 6.29 Å². The van der Waals surface area contributed by atoms with Gasteiger partial charge in [-0.25, -0.2) is 0 Å². The molecule has 0 aliphatic carbocycles. The normalized spacial score (nSPS) is 11.5. The van der Waals surface area contributed by atoms with Crippen molar-refractivity contribution in [3.63, 3.8) is 0 Å². The average Bonchev–Trinajstić information content (AvgIpc) is 2.26. The van der Waals surface area contributed by atoms with Gasteiger partial charge in [0.15, 0.2) is 0 Å². The van der Waals surface area contributed by atoms with Gasteiger partial charge in [0.25, 0.3) is 0 Å². The molecule has 86 valence electrons. The number of hydrogen-bond donors (Lipinski definition) is 0. The first-order valence-electron chi connectivity index (χ1n) is 6.17. The van der Waals surface area contributed by atoms with E-state index in [4.69, 9.17) is 0 Å². The Morgan fingerprint density at radius 2 is 1.40 bits per heavy atom. The van der Waals surface area contributed by atoms with Gasteiger partial charge < -0.3 is 4.79 Å². The molecule has 0 fully saturated rings. The second-order valence-corrected chi connectivity index (χ2v) is 3.80. The Morgan fingerprint density at radius 3 is 2.00 bits per heavy atom. The first-order valence-corrected chi connectivity index (χ1v) is 6.17. The van der Waals surface area contributed by atoms with E-state index in [1.165, 1.54) is 32.1 Å². The Morgan fingerprint density at radius 1 is 0.800 bits per heavy atom. The summed E-state index contributed by atoms with van der Waals surface area (Å²) in [4.78, 5) is 10.0. The van der Waals surface area contributed by atoms with Gasteiger partial charge in [-0.3, -0.25) is 0 Å². The molecule has 1 heteroatoms. The Bertz CT molecular complexity index is 180. The predicted octanol–water partition coefficient (Wildman–Crippen LogP) is 4.44. The quantitative estimate of drug-likeness (QED) is 0.295. The summed E-state index contributed by atoms with van der Waals surface area (Å²) in [6, 6.07) is 0. The number of rotatable bonds is 10. The monoisotopic (exact) mass is 208 g/mol. The average molecular weight is 208 g/mol. The molecule has 0 unspecified atom stereocenters. The molecule has 0 aliphatic heterocycles. The van der Waals surface area contributed by atoms with E-state index in [1.807, 2.05) is 0 Å². The molecule has 15 heavy (non-hydrogen) atoms. The van der Waals surface area contributed by atoms with Gasteiger partial charge in [0.2, 0.25) is 0 Å². The van der Waals surface area contributed by atoms with E-state index < -0.39 is 0 Å². The van der Waals surface area contributed by atoms with Crippen LogP contribution < -0.4 is 0 Å². The number of unbranched alkanes of at least 4 members (excludes halogenated alkanes) is 6. The largest absolute Gasteiger partial charge is 0.303 e. The Balaban J connectivity index is 3.12. The van der Waals surface area contributed by atoms with E-state index in [0.717, 1.165) is 25.5 Å². The minimum atomic E-state index is 0.732. The van der Waals surface area contributed by atoms with Gasteiger partial charge in [-0.05, 0) is 25.7 Å². The van der Waals surface area contributed by atoms with Crippen LogP contribution in [0, 0.1) is 0 Å². The number of aldehydes is 1. The maximum atomic E-state index is 10.0. The molecular formula is C14H24O. The lowest BCUT2D eigenvalue weighted by atomic mass is 10.1. The van der Waals surface area contributed by atoms with Gasteiger partial charge in [-0.15, -0.1) is 0 Å². The van der Waals surface area contributed by atoms with E-state index in [1.54, 1.807) is 0 Å². The lowest BCUT2D eigenvalue weighted by Crippen LogP contribution is -1.78. The van der Waals surface area contributed by atoms with Crippen LogP contribution in [0.3, 0.4) is 0 Å². The summed E-state index contributed by atoms with van der Waals surface area (Å²) in [6.45, 7) is 2.19. The lowest BCUT2D eigenvalue weighted by Gasteiger charge is -1.95. The van der Waals surface area contributed by atoms with Gasteiger partial charge in [0.1, 0.15) is 6.29 Å². The molecule has 0 aromatic heterocycles. The van der Waals surface area contributed by atoms with Crippen molar-refractivity contribution < 1.29 is 4.79 Å². The highest BCUT2D eigenvalue weighted by atomic mass is 16.1. The van der Waals surface area contributed by atoms with Crippen molar-refractivity contribution in [2.75, 3.05) is 0 Å². The van der Waals surface area contributed by atoms with E-state index in [9.17, 15) is 4.79 Å². The van der Waals surface area contributed by atoms with Crippen molar-refractivity contribution in [2.45, 2.75) is 58.3 Å². The fourth-order valence-electron chi connectivity index (χ4n) is 1.36. The van der Waals surface area contributed by atoms with Gasteiger partial charge in [0, 0.05) is 6.42 Å². The van der Waals surface area contributed by atoms with Crippen LogP contribution in [-0.2, 0) is 4.79 Å². The van der Waals surface area contributed by atoms with E-state index >= 15 is 0 Å². The van der Waals surface area contributed by atoms with Gasteiger partial charge in [-0.2, -0.15) is 0 Å². The van der Waals surface area contributed by atoms with Crippen LogP contribution in [0.15, 0.2) is 24.3 Å². The SMILES string of the molecule is CCC/C=C/C=C/CCCCCCC=O. The summed E-state index contributed by atoms with van der Waals surface area (Å²) >= 11 is 0. The molecule has 0 N–H and O–H groups in total. The van der Waals surface area contributed by atoms with Crippen LogP contribution in [-0.4, -0.2) is 6.29 Å². The van der Waals surface area contributed by atoms with E-state index in [2.05, 4.69) is 31.2 Å². The first kappa shape index (κ1) is 14.2. The van der Waals surface area contributed by atoms with Crippen LogP contribution in [0.5, 0.6) is 0 Å². The first-order chi connectivity index (χ1) is 7.41. The minimum Gasteiger partial charge on any atom is -0.303 e. The third-order valence-corrected chi connectivity index (χ3v) is 2.28. The van der Waals surface area contributed by atoms with Crippen molar-refractivity contribution in [3.05, 3.63) is 24.3 Å². The highest BCUT2D eigenvalue weighted by molar-refractivity contribution is 5.48. The zero-order valence-corrected chi connectivity index (χ0v) is 9.95. The van der Waals surface area contributed by atoms with Crippen LogP contribution in [0.4, 0.5) is 0 Å². The highest BCUT2D eigenvalue weighted by Crippen LogP contribution is 2.04. The number of allylic oxidation sites excluding steroid dienone is 4. The molecule has 0 spiro atoms. The molecular weight excluding hydrogens is 184 g/mol. The molecule has 0 radical (unpaired) electrons. The third kappa shape index (κ3) is 13.2. The number of carbonyl (C=O) groups excluding carboxylic acids is 1. The molecule has 0 bridgehead atoms. The Labute approximate surface area is 94.3 Å². The molecule has 0 rings (SSSR count).